The second-order valence-electron chi connectivity index (χ2n) is 4.16. The van der Waals surface area contributed by atoms with Crippen LogP contribution >= 0.6 is 0 Å². The molecule has 0 unspecified atom stereocenters. The van der Waals surface area contributed by atoms with Crippen molar-refractivity contribution in [1.29, 1.82) is 0 Å². The predicted molar refractivity (Wildman–Crippen MR) is 79.5 cm³/mol. The fourth-order valence-electron chi connectivity index (χ4n) is 1.60. The van der Waals surface area contributed by atoms with Crippen molar-refractivity contribution in [3.8, 4) is 0 Å². The first-order valence-corrected chi connectivity index (χ1v) is 7.29. The number of rotatable bonds is 2. The molecule has 1 nitrogen and oxygen atoms in total. The van der Waals surface area contributed by atoms with E-state index in [4.69, 9.17) is 0 Å². The Morgan fingerprint density at radius 3 is 1.65 bits per heavy atom. The Bertz CT molecular complexity index is 384. The molecule has 0 amide bonds. The largest absolute Gasteiger partial charge is 0.254 e. The zero-order valence-corrected chi connectivity index (χ0v) is 13.1. The topological polar surface area (TPSA) is 17.1 Å². The normalized spacial score (nSPS) is 19.9. The summed E-state index contributed by atoms with van der Waals surface area (Å²) in [6.07, 6.45) is 17.6. The van der Waals surface area contributed by atoms with E-state index in [1.807, 2.05) is 89.0 Å². The van der Waals surface area contributed by atoms with Crippen LogP contribution in [0.4, 0.5) is 0 Å². The van der Waals surface area contributed by atoms with Gasteiger partial charge in [0, 0.05) is 22.0 Å². The molecule has 1 aromatic rings. The summed E-state index contributed by atoms with van der Waals surface area (Å²) in [4.78, 5) is 0.863. The molecule has 0 saturated heterocycles. The molecule has 0 aliphatic heterocycles. The molecule has 2 aliphatic carbocycles. The molecule has 0 spiro atoms. The average molecular weight is 324 g/mol. The summed E-state index contributed by atoms with van der Waals surface area (Å²) < 4.78 is 11.9. The quantitative estimate of drug-likeness (QED) is 0.761. The van der Waals surface area contributed by atoms with Gasteiger partial charge in [0.25, 0.3) is 0 Å². The van der Waals surface area contributed by atoms with Gasteiger partial charge in [-0.25, -0.2) is 0 Å². The van der Waals surface area contributed by atoms with E-state index in [2.05, 4.69) is 0 Å². The Hall–Kier alpha value is -0.111. The van der Waals surface area contributed by atoms with E-state index in [-0.39, 0.29) is 17.1 Å². The molecule has 1 aromatic carbocycles. The van der Waals surface area contributed by atoms with Crippen LogP contribution in [0.2, 0.25) is 0 Å². The van der Waals surface area contributed by atoms with Gasteiger partial charge in [0.15, 0.2) is 0 Å². The summed E-state index contributed by atoms with van der Waals surface area (Å²) in [5, 5.41) is 0.869. The van der Waals surface area contributed by atoms with E-state index >= 15 is 0 Å². The van der Waals surface area contributed by atoms with Crippen LogP contribution in [0, 0.1) is 70.0 Å². The molecule has 0 N–H and O–H groups in total. The molecular weight excluding hydrogens is 308 g/mol. The minimum Gasteiger partial charge on any atom is -0.254 e. The summed E-state index contributed by atoms with van der Waals surface area (Å²) in [5.74, 6) is 0. The molecular formula is C17H16FeOS. The van der Waals surface area contributed by atoms with Gasteiger partial charge in [-0.05, 0) is 76.8 Å². The van der Waals surface area contributed by atoms with Crippen molar-refractivity contribution in [1.82, 2.24) is 0 Å². The van der Waals surface area contributed by atoms with Gasteiger partial charge in [0.2, 0.25) is 0 Å². The summed E-state index contributed by atoms with van der Waals surface area (Å²) in [6.45, 7) is 2.02. The van der Waals surface area contributed by atoms with Gasteiger partial charge in [-0.3, -0.25) is 4.21 Å². The molecule has 104 valence electrons. The Balaban J connectivity index is 0.000000283. The number of hydrogen-bond acceptors (Lipinski definition) is 1. The van der Waals surface area contributed by atoms with E-state index in [0.717, 1.165) is 10.1 Å². The van der Waals surface area contributed by atoms with Crippen LogP contribution < -0.4 is 0 Å². The van der Waals surface area contributed by atoms with Crippen molar-refractivity contribution in [2.24, 2.45) is 0 Å². The van der Waals surface area contributed by atoms with Crippen molar-refractivity contribution in [3.63, 3.8) is 0 Å². The number of benzene rings is 1. The third kappa shape index (κ3) is 5.71. The molecule has 1 atom stereocenters. The van der Waals surface area contributed by atoms with E-state index in [0.29, 0.717) is 0 Å². The first-order valence-electron chi connectivity index (χ1n) is 6.14. The fourth-order valence-corrected chi connectivity index (χ4v) is 2.66. The molecule has 3 rings (SSSR count). The van der Waals surface area contributed by atoms with E-state index in [1.165, 1.54) is 5.56 Å². The summed E-state index contributed by atoms with van der Waals surface area (Å²) in [6, 6.07) is 7.79. The Morgan fingerprint density at radius 2 is 1.20 bits per heavy atom. The number of hydrogen-bond donors (Lipinski definition) is 0. The Morgan fingerprint density at radius 1 is 0.750 bits per heavy atom. The van der Waals surface area contributed by atoms with E-state index < -0.39 is 10.8 Å². The monoisotopic (exact) mass is 324 g/mol. The molecule has 2 aliphatic rings. The van der Waals surface area contributed by atoms with Crippen LogP contribution in [0.1, 0.15) is 5.56 Å². The molecule has 3 heteroatoms. The minimum absolute atomic E-state index is 0. The molecule has 0 aromatic heterocycles. The van der Waals surface area contributed by atoms with Crippen molar-refractivity contribution >= 4 is 10.8 Å². The van der Waals surface area contributed by atoms with Gasteiger partial charge in [-0.15, -0.1) is 0 Å². The molecule has 10 radical (unpaired) electrons. The van der Waals surface area contributed by atoms with Crippen molar-refractivity contribution in [2.75, 3.05) is 0 Å². The zero-order chi connectivity index (χ0) is 13.5. The Labute approximate surface area is 136 Å². The molecule has 0 heterocycles. The SMILES string of the molecule is Cc1ccc([S@](=O)[C]2[CH][CH][CH][CH]2)cc1.[CH]1[CH][CH][CH][CH]1.[Fe]. The van der Waals surface area contributed by atoms with Gasteiger partial charge in [0.1, 0.15) is 0 Å². The van der Waals surface area contributed by atoms with Gasteiger partial charge >= 0.3 is 0 Å². The Kier molecular flexibility index (Phi) is 8.75. The van der Waals surface area contributed by atoms with Crippen LogP contribution in [0.5, 0.6) is 0 Å². The summed E-state index contributed by atoms with van der Waals surface area (Å²) in [7, 11) is -1.02. The predicted octanol–water partition coefficient (Wildman–Crippen LogP) is 3.48. The number of aryl methyl sites for hydroxylation is 1. The molecule has 20 heavy (non-hydrogen) atoms. The third-order valence-electron chi connectivity index (χ3n) is 2.64. The standard InChI is InChI=1S/C12H11OS.C5H5.Fe/c1-10-6-8-12(9-7-10)14(13)11-4-2-3-5-11;1-2-4-5-3-1;/h2-9H,1H3;1-5H;/t14-;;/m1../s1. The van der Waals surface area contributed by atoms with Crippen molar-refractivity contribution < 1.29 is 21.3 Å². The fraction of sp³-hybridized carbons (Fsp3) is 0.0588. The minimum atomic E-state index is -1.02. The maximum absolute atomic E-state index is 11.9. The molecule has 0 bridgehead atoms. The molecule has 2 fully saturated rings. The van der Waals surface area contributed by atoms with Gasteiger partial charge in [0.05, 0.1) is 16.0 Å². The summed E-state index contributed by atoms with van der Waals surface area (Å²) in [5.41, 5.74) is 1.19. The second-order valence-corrected chi connectivity index (χ2v) is 5.64. The van der Waals surface area contributed by atoms with Gasteiger partial charge < -0.3 is 0 Å². The van der Waals surface area contributed by atoms with E-state index in [9.17, 15) is 4.21 Å². The zero-order valence-electron chi connectivity index (χ0n) is 11.2. The van der Waals surface area contributed by atoms with E-state index in [1.54, 1.807) is 0 Å². The first-order chi connectivity index (χ1) is 9.27. The summed E-state index contributed by atoms with van der Waals surface area (Å²) >= 11 is 0. The van der Waals surface area contributed by atoms with Crippen LogP contribution in [0.3, 0.4) is 0 Å². The van der Waals surface area contributed by atoms with Gasteiger partial charge in [-0.1, -0.05) is 17.7 Å². The van der Waals surface area contributed by atoms with Gasteiger partial charge in [-0.2, -0.15) is 0 Å². The van der Waals surface area contributed by atoms with Crippen LogP contribution in [0.25, 0.3) is 0 Å². The van der Waals surface area contributed by atoms with Crippen LogP contribution in [-0.2, 0) is 27.9 Å². The smallest absolute Gasteiger partial charge is 0.0754 e. The second kappa shape index (κ2) is 9.76. The molecule has 2 saturated carbocycles. The third-order valence-corrected chi connectivity index (χ3v) is 4.04. The van der Waals surface area contributed by atoms with Crippen LogP contribution in [-0.4, -0.2) is 4.21 Å². The average Bonchev–Trinajstić information content (AvgIpc) is 3.15. The maximum atomic E-state index is 11.9. The van der Waals surface area contributed by atoms with Crippen LogP contribution in [0.15, 0.2) is 29.2 Å². The van der Waals surface area contributed by atoms with Crippen molar-refractivity contribution in [2.45, 2.75) is 11.8 Å². The maximum Gasteiger partial charge on any atom is 0.0754 e. The first kappa shape index (κ1) is 17.9. The van der Waals surface area contributed by atoms with Crippen molar-refractivity contribution in [3.05, 3.63) is 92.9 Å².